The zero-order chi connectivity index (χ0) is 7.49. The standard InChI is InChI=1S/C7H17NO/c1-4-7(9,5-2)6(3)8/h6,9H,4-5,8H2,1-3H3. The van der Waals surface area contributed by atoms with Gasteiger partial charge in [-0.3, -0.25) is 0 Å². The molecule has 0 aliphatic rings. The summed E-state index contributed by atoms with van der Waals surface area (Å²) in [6, 6.07) is -0.118. The molecule has 0 saturated carbocycles. The topological polar surface area (TPSA) is 46.2 Å². The first-order valence-corrected chi connectivity index (χ1v) is 3.54. The van der Waals surface area contributed by atoms with E-state index < -0.39 is 5.60 Å². The molecule has 0 rings (SSSR count). The van der Waals surface area contributed by atoms with Crippen LogP contribution >= 0.6 is 0 Å². The summed E-state index contributed by atoms with van der Waals surface area (Å²) in [6.07, 6.45) is 1.47. The van der Waals surface area contributed by atoms with Gasteiger partial charge in [-0.1, -0.05) is 13.8 Å². The molecule has 0 aromatic rings. The fourth-order valence-electron chi connectivity index (χ4n) is 0.894. The first-order chi connectivity index (χ1) is 4.06. The average Bonchev–Trinajstić information content (AvgIpc) is 1.86. The Hall–Kier alpha value is -0.0800. The molecule has 0 heterocycles. The van der Waals surface area contributed by atoms with Crippen molar-refractivity contribution in [2.75, 3.05) is 0 Å². The molecule has 0 bridgehead atoms. The lowest BCUT2D eigenvalue weighted by molar-refractivity contribution is 0.0119. The summed E-state index contributed by atoms with van der Waals surface area (Å²) >= 11 is 0. The minimum Gasteiger partial charge on any atom is -0.388 e. The molecule has 0 saturated heterocycles. The molecular formula is C7H17NO. The zero-order valence-electron chi connectivity index (χ0n) is 6.52. The minimum atomic E-state index is -0.639. The van der Waals surface area contributed by atoms with Crippen LogP contribution in [-0.4, -0.2) is 16.7 Å². The van der Waals surface area contributed by atoms with Crippen molar-refractivity contribution in [1.82, 2.24) is 0 Å². The van der Waals surface area contributed by atoms with Crippen LogP contribution in [0.25, 0.3) is 0 Å². The molecule has 2 nitrogen and oxygen atoms in total. The van der Waals surface area contributed by atoms with Crippen LogP contribution in [0.3, 0.4) is 0 Å². The number of nitrogens with two attached hydrogens (primary N) is 1. The Labute approximate surface area is 57.1 Å². The molecule has 0 spiro atoms. The molecule has 0 aromatic heterocycles. The number of rotatable bonds is 3. The first kappa shape index (κ1) is 8.92. The average molecular weight is 131 g/mol. The summed E-state index contributed by atoms with van der Waals surface area (Å²) in [7, 11) is 0. The summed E-state index contributed by atoms with van der Waals surface area (Å²) in [5, 5.41) is 9.58. The molecule has 2 heteroatoms. The number of hydrogen-bond donors (Lipinski definition) is 2. The molecule has 0 amide bonds. The number of hydrogen-bond acceptors (Lipinski definition) is 2. The van der Waals surface area contributed by atoms with Crippen LogP contribution in [0.15, 0.2) is 0 Å². The molecular weight excluding hydrogens is 114 g/mol. The molecule has 0 aliphatic heterocycles. The first-order valence-electron chi connectivity index (χ1n) is 3.54. The largest absolute Gasteiger partial charge is 0.388 e. The van der Waals surface area contributed by atoms with Gasteiger partial charge in [-0.2, -0.15) is 0 Å². The van der Waals surface area contributed by atoms with Gasteiger partial charge in [-0.25, -0.2) is 0 Å². The fraction of sp³-hybridized carbons (Fsp3) is 1.00. The van der Waals surface area contributed by atoms with Crippen molar-refractivity contribution < 1.29 is 5.11 Å². The van der Waals surface area contributed by atoms with E-state index in [0.29, 0.717) is 0 Å². The van der Waals surface area contributed by atoms with Crippen molar-refractivity contribution in [3.63, 3.8) is 0 Å². The third-order valence-electron chi connectivity index (χ3n) is 2.07. The maximum Gasteiger partial charge on any atom is 0.0790 e. The van der Waals surface area contributed by atoms with Crippen LogP contribution in [0.2, 0.25) is 0 Å². The van der Waals surface area contributed by atoms with E-state index in [1.165, 1.54) is 0 Å². The monoisotopic (exact) mass is 131 g/mol. The van der Waals surface area contributed by atoms with Crippen LogP contribution in [-0.2, 0) is 0 Å². The Morgan fingerprint density at radius 2 is 1.78 bits per heavy atom. The van der Waals surface area contributed by atoms with Crippen molar-refractivity contribution in [2.45, 2.75) is 45.3 Å². The Balaban J connectivity index is 3.92. The van der Waals surface area contributed by atoms with E-state index in [0.717, 1.165) is 12.8 Å². The molecule has 0 aromatic carbocycles. The summed E-state index contributed by atoms with van der Waals surface area (Å²) in [6.45, 7) is 5.74. The van der Waals surface area contributed by atoms with Gasteiger partial charge >= 0.3 is 0 Å². The lowest BCUT2D eigenvalue weighted by Crippen LogP contribution is -2.44. The van der Waals surface area contributed by atoms with Crippen molar-refractivity contribution in [3.8, 4) is 0 Å². The van der Waals surface area contributed by atoms with E-state index in [9.17, 15) is 5.11 Å². The molecule has 3 N–H and O–H groups in total. The summed E-state index contributed by atoms with van der Waals surface area (Å²) in [5.74, 6) is 0. The smallest absolute Gasteiger partial charge is 0.0790 e. The molecule has 0 radical (unpaired) electrons. The quantitative estimate of drug-likeness (QED) is 0.597. The Morgan fingerprint density at radius 3 is 1.78 bits per heavy atom. The zero-order valence-corrected chi connectivity index (χ0v) is 6.52. The highest BCUT2D eigenvalue weighted by Crippen LogP contribution is 2.16. The normalized spacial score (nSPS) is 15.7. The van der Waals surface area contributed by atoms with Gasteiger partial charge in [0.1, 0.15) is 0 Å². The minimum absolute atomic E-state index is 0.118. The Morgan fingerprint density at radius 1 is 1.44 bits per heavy atom. The Bertz CT molecular complexity index is 77.0. The SMILES string of the molecule is CCC(O)(CC)C(C)N. The van der Waals surface area contributed by atoms with Gasteiger partial charge in [0.15, 0.2) is 0 Å². The van der Waals surface area contributed by atoms with Crippen molar-refractivity contribution >= 4 is 0 Å². The second-order valence-electron chi connectivity index (χ2n) is 2.60. The van der Waals surface area contributed by atoms with Crippen molar-refractivity contribution in [1.29, 1.82) is 0 Å². The van der Waals surface area contributed by atoms with Gasteiger partial charge in [0.2, 0.25) is 0 Å². The van der Waals surface area contributed by atoms with E-state index in [1.807, 2.05) is 20.8 Å². The molecule has 56 valence electrons. The highest BCUT2D eigenvalue weighted by Gasteiger charge is 2.26. The van der Waals surface area contributed by atoms with E-state index in [1.54, 1.807) is 0 Å². The highest BCUT2D eigenvalue weighted by atomic mass is 16.3. The second-order valence-corrected chi connectivity index (χ2v) is 2.60. The van der Waals surface area contributed by atoms with Crippen LogP contribution in [0.5, 0.6) is 0 Å². The third kappa shape index (κ3) is 1.95. The van der Waals surface area contributed by atoms with Gasteiger partial charge in [0.05, 0.1) is 5.60 Å². The lowest BCUT2D eigenvalue weighted by atomic mass is 9.90. The molecule has 0 aliphatic carbocycles. The highest BCUT2D eigenvalue weighted by molar-refractivity contribution is 4.83. The molecule has 1 atom stereocenters. The van der Waals surface area contributed by atoms with Gasteiger partial charge in [0.25, 0.3) is 0 Å². The summed E-state index contributed by atoms with van der Waals surface area (Å²) < 4.78 is 0. The Kier molecular flexibility index (Phi) is 3.15. The number of aliphatic hydroxyl groups is 1. The lowest BCUT2D eigenvalue weighted by Gasteiger charge is -2.29. The second kappa shape index (κ2) is 3.18. The van der Waals surface area contributed by atoms with Gasteiger partial charge in [-0.15, -0.1) is 0 Å². The molecule has 9 heavy (non-hydrogen) atoms. The summed E-state index contributed by atoms with van der Waals surface area (Å²) in [5.41, 5.74) is 4.90. The maximum atomic E-state index is 9.58. The van der Waals surface area contributed by atoms with Crippen LogP contribution in [0, 0.1) is 0 Å². The van der Waals surface area contributed by atoms with Gasteiger partial charge < -0.3 is 10.8 Å². The van der Waals surface area contributed by atoms with Crippen molar-refractivity contribution in [2.24, 2.45) is 5.73 Å². The van der Waals surface area contributed by atoms with Crippen LogP contribution in [0.4, 0.5) is 0 Å². The van der Waals surface area contributed by atoms with Gasteiger partial charge in [0, 0.05) is 6.04 Å². The third-order valence-corrected chi connectivity index (χ3v) is 2.07. The predicted octanol–water partition coefficient (Wildman–Crippen LogP) is 0.885. The van der Waals surface area contributed by atoms with Gasteiger partial charge in [-0.05, 0) is 19.8 Å². The van der Waals surface area contributed by atoms with Crippen LogP contribution in [0.1, 0.15) is 33.6 Å². The van der Waals surface area contributed by atoms with Crippen molar-refractivity contribution in [3.05, 3.63) is 0 Å². The van der Waals surface area contributed by atoms with E-state index in [4.69, 9.17) is 5.73 Å². The molecule has 0 fully saturated rings. The maximum absolute atomic E-state index is 9.58. The fourth-order valence-corrected chi connectivity index (χ4v) is 0.894. The van der Waals surface area contributed by atoms with E-state index in [-0.39, 0.29) is 6.04 Å². The summed E-state index contributed by atoms with van der Waals surface area (Å²) in [4.78, 5) is 0. The molecule has 1 unspecified atom stereocenters. The predicted molar refractivity (Wildman–Crippen MR) is 39.2 cm³/mol. The van der Waals surface area contributed by atoms with E-state index >= 15 is 0 Å². The van der Waals surface area contributed by atoms with E-state index in [2.05, 4.69) is 0 Å². The van der Waals surface area contributed by atoms with Crippen LogP contribution < -0.4 is 5.73 Å².